The summed E-state index contributed by atoms with van der Waals surface area (Å²) >= 11 is 1.99. The van der Waals surface area contributed by atoms with Gasteiger partial charge in [0, 0.05) is 12.3 Å². The fourth-order valence-corrected chi connectivity index (χ4v) is 4.25. The van der Waals surface area contributed by atoms with Gasteiger partial charge in [0.25, 0.3) is 0 Å². The van der Waals surface area contributed by atoms with Crippen molar-refractivity contribution in [2.75, 3.05) is 25.4 Å². The minimum atomic E-state index is 0.251. The Kier molecular flexibility index (Phi) is 1.90. The Morgan fingerprint density at radius 2 is 2.15 bits per heavy atom. The van der Waals surface area contributed by atoms with Crippen molar-refractivity contribution in [1.82, 2.24) is 4.90 Å². The van der Waals surface area contributed by atoms with E-state index >= 15 is 0 Å². The summed E-state index contributed by atoms with van der Waals surface area (Å²) in [4.78, 5) is 2.58. The summed E-state index contributed by atoms with van der Waals surface area (Å²) in [7, 11) is 0. The highest BCUT2D eigenvalue weighted by Crippen LogP contribution is 2.46. The van der Waals surface area contributed by atoms with Gasteiger partial charge in [-0.25, -0.2) is 0 Å². The third-order valence-electron chi connectivity index (χ3n) is 3.79. The lowest BCUT2D eigenvalue weighted by Gasteiger charge is -2.50. The van der Waals surface area contributed by atoms with Crippen LogP contribution in [0.2, 0.25) is 0 Å². The molecule has 0 saturated carbocycles. The van der Waals surface area contributed by atoms with Crippen molar-refractivity contribution in [3.8, 4) is 0 Å². The summed E-state index contributed by atoms with van der Waals surface area (Å²) in [5.41, 5.74) is 0.682. The van der Waals surface area contributed by atoms with E-state index in [2.05, 4.69) is 11.8 Å². The number of nitrogens with zero attached hydrogens (tertiary/aromatic N) is 1. The van der Waals surface area contributed by atoms with Gasteiger partial charge in [-0.2, -0.15) is 0 Å². The van der Waals surface area contributed by atoms with Gasteiger partial charge in [0.05, 0.1) is 5.60 Å². The van der Waals surface area contributed by atoms with E-state index < -0.39 is 0 Å². The van der Waals surface area contributed by atoms with E-state index in [1.165, 1.54) is 38.2 Å². The molecule has 0 aliphatic carbocycles. The lowest BCUT2D eigenvalue weighted by Crippen LogP contribution is -2.60. The normalized spacial score (nSPS) is 54.7. The molecule has 74 valence electrons. The molecule has 1 unspecified atom stereocenters. The molecular weight excluding hydrogens is 182 g/mol. The fraction of sp³-hybridized carbons (Fsp3) is 1.00. The van der Waals surface area contributed by atoms with Gasteiger partial charge < -0.3 is 9.64 Å². The maximum atomic E-state index is 6.14. The first-order chi connectivity index (χ1) is 6.28. The van der Waals surface area contributed by atoms with Crippen molar-refractivity contribution in [3.05, 3.63) is 0 Å². The van der Waals surface area contributed by atoms with Crippen LogP contribution in [-0.4, -0.2) is 41.3 Å². The highest BCUT2D eigenvalue weighted by atomic mass is 32.2. The topological polar surface area (TPSA) is 12.5 Å². The van der Waals surface area contributed by atoms with Crippen LogP contribution in [-0.2, 0) is 4.74 Å². The summed E-state index contributed by atoms with van der Waals surface area (Å²) in [6.45, 7) is 6.02. The predicted octanol–water partition coefficient (Wildman–Crippen LogP) is 1.56. The van der Waals surface area contributed by atoms with Crippen molar-refractivity contribution < 1.29 is 4.74 Å². The van der Waals surface area contributed by atoms with Crippen molar-refractivity contribution >= 4 is 11.8 Å². The Hall–Kier alpha value is 0.270. The average molecular weight is 199 g/mol. The van der Waals surface area contributed by atoms with Crippen LogP contribution >= 0.6 is 11.8 Å². The number of rotatable bonds is 0. The van der Waals surface area contributed by atoms with Crippen molar-refractivity contribution in [3.63, 3.8) is 0 Å². The van der Waals surface area contributed by atoms with Gasteiger partial charge in [-0.05, 0) is 38.8 Å². The van der Waals surface area contributed by atoms with E-state index in [1.807, 2.05) is 11.8 Å². The van der Waals surface area contributed by atoms with Gasteiger partial charge in [0.15, 0.2) is 0 Å². The highest BCUT2D eigenvalue weighted by Gasteiger charge is 2.51. The van der Waals surface area contributed by atoms with Crippen molar-refractivity contribution in [2.24, 2.45) is 5.92 Å². The molecule has 4 rings (SSSR count). The molecule has 4 saturated heterocycles. The average Bonchev–Trinajstić information content (AvgIpc) is 2.49. The quantitative estimate of drug-likeness (QED) is 0.587. The number of fused-ring (bicyclic) bond motifs is 2. The highest BCUT2D eigenvalue weighted by molar-refractivity contribution is 8.00. The van der Waals surface area contributed by atoms with Gasteiger partial charge in [0.2, 0.25) is 0 Å². The first-order valence-corrected chi connectivity index (χ1v) is 6.35. The molecule has 3 heteroatoms. The monoisotopic (exact) mass is 199 g/mol. The Morgan fingerprint density at radius 3 is 2.62 bits per heavy atom. The maximum Gasteiger partial charge on any atom is 0.101 e. The van der Waals surface area contributed by atoms with Crippen LogP contribution < -0.4 is 0 Å². The number of thioether (sulfide) groups is 1. The molecule has 4 heterocycles. The molecule has 4 aliphatic rings. The van der Waals surface area contributed by atoms with E-state index in [4.69, 9.17) is 4.74 Å². The molecule has 2 atom stereocenters. The Labute approximate surface area is 84.0 Å². The summed E-state index contributed by atoms with van der Waals surface area (Å²) in [5, 5.41) is 0. The lowest BCUT2D eigenvalue weighted by molar-refractivity contribution is -0.133. The first-order valence-electron chi connectivity index (χ1n) is 5.30. The van der Waals surface area contributed by atoms with E-state index in [-0.39, 0.29) is 5.60 Å². The van der Waals surface area contributed by atoms with Crippen LogP contribution in [0.25, 0.3) is 0 Å². The van der Waals surface area contributed by atoms with Gasteiger partial charge >= 0.3 is 0 Å². The molecule has 13 heavy (non-hydrogen) atoms. The Balaban J connectivity index is 1.83. The number of ether oxygens (including phenoxy) is 1. The third-order valence-corrected chi connectivity index (χ3v) is 5.01. The Bertz CT molecular complexity index is 215. The second-order valence-corrected chi connectivity index (χ2v) is 5.90. The first kappa shape index (κ1) is 8.57. The van der Waals surface area contributed by atoms with Crippen LogP contribution in [0.5, 0.6) is 0 Å². The number of hydrogen-bond donors (Lipinski definition) is 0. The van der Waals surface area contributed by atoms with Crippen molar-refractivity contribution in [1.29, 1.82) is 0 Å². The van der Waals surface area contributed by atoms with Crippen LogP contribution in [0.15, 0.2) is 0 Å². The van der Waals surface area contributed by atoms with E-state index in [9.17, 15) is 0 Å². The second kappa shape index (κ2) is 2.88. The number of piperidine rings is 3. The minimum absolute atomic E-state index is 0.251. The number of hydrogen-bond acceptors (Lipinski definition) is 3. The zero-order valence-corrected chi connectivity index (χ0v) is 8.98. The molecule has 2 bridgehead atoms. The molecule has 4 aliphatic heterocycles. The SMILES string of the molecule is CC1O[C@]2(CS1)CN1CCC2CC1. The predicted molar refractivity (Wildman–Crippen MR) is 54.9 cm³/mol. The van der Waals surface area contributed by atoms with Crippen LogP contribution in [0.4, 0.5) is 0 Å². The largest absolute Gasteiger partial charge is 0.359 e. The molecule has 0 N–H and O–H groups in total. The van der Waals surface area contributed by atoms with Crippen molar-refractivity contribution in [2.45, 2.75) is 30.8 Å². The van der Waals surface area contributed by atoms with Crippen LogP contribution in [0.1, 0.15) is 19.8 Å². The Morgan fingerprint density at radius 1 is 1.38 bits per heavy atom. The maximum absolute atomic E-state index is 6.14. The van der Waals surface area contributed by atoms with E-state index in [0.29, 0.717) is 5.44 Å². The molecule has 0 aromatic heterocycles. The summed E-state index contributed by atoms with van der Waals surface area (Å²) < 4.78 is 6.14. The summed E-state index contributed by atoms with van der Waals surface area (Å²) in [5.74, 6) is 2.09. The lowest BCUT2D eigenvalue weighted by atomic mass is 9.76. The zero-order valence-electron chi connectivity index (χ0n) is 8.16. The summed E-state index contributed by atoms with van der Waals surface area (Å²) in [6.07, 6.45) is 2.74. The second-order valence-electron chi connectivity index (χ2n) is 4.61. The van der Waals surface area contributed by atoms with E-state index in [1.54, 1.807) is 0 Å². The summed E-state index contributed by atoms with van der Waals surface area (Å²) in [6, 6.07) is 0. The van der Waals surface area contributed by atoms with Gasteiger partial charge in [-0.1, -0.05) is 0 Å². The standard InChI is InChI=1S/C10H17NOS/c1-8-12-10(7-13-8)6-11-4-2-9(10)3-5-11/h8-9H,2-7H2,1H3/t8?,10-/m0/s1. The van der Waals surface area contributed by atoms with E-state index in [0.717, 1.165) is 5.92 Å². The smallest absolute Gasteiger partial charge is 0.101 e. The van der Waals surface area contributed by atoms with Gasteiger partial charge in [-0.3, -0.25) is 0 Å². The molecule has 0 aromatic carbocycles. The van der Waals surface area contributed by atoms with Gasteiger partial charge in [-0.15, -0.1) is 11.8 Å². The zero-order chi connectivity index (χ0) is 8.89. The van der Waals surface area contributed by atoms with Crippen LogP contribution in [0, 0.1) is 5.92 Å². The minimum Gasteiger partial charge on any atom is -0.359 e. The molecule has 0 radical (unpaired) electrons. The molecule has 2 nitrogen and oxygen atoms in total. The van der Waals surface area contributed by atoms with Gasteiger partial charge in [0.1, 0.15) is 5.44 Å². The molecule has 1 spiro atoms. The molecule has 4 fully saturated rings. The molecule has 0 amide bonds. The fourth-order valence-electron chi connectivity index (χ4n) is 3.08. The third kappa shape index (κ3) is 1.24. The van der Waals surface area contributed by atoms with Crippen LogP contribution in [0.3, 0.4) is 0 Å². The molecule has 0 aromatic rings. The molecular formula is C10H17NOS.